The zero-order valence-electron chi connectivity index (χ0n) is 12.2. The van der Waals surface area contributed by atoms with E-state index in [2.05, 4.69) is 39.0 Å². The minimum Gasteiger partial charge on any atom is -0.481 e. The Balaban J connectivity index is 1.74. The van der Waals surface area contributed by atoms with Crippen molar-refractivity contribution in [3.8, 4) is 0 Å². The molecule has 1 aromatic rings. The van der Waals surface area contributed by atoms with Crippen LogP contribution in [0.5, 0.6) is 0 Å². The van der Waals surface area contributed by atoms with Crippen molar-refractivity contribution in [2.75, 3.05) is 13.1 Å². The van der Waals surface area contributed by atoms with Crippen LogP contribution in [-0.2, 0) is 11.3 Å². The molecule has 1 heterocycles. The summed E-state index contributed by atoms with van der Waals surface area (Å²) < 4.78 is 1.13. The lowest BCUT2D eigenvalue weighted by atomic mass is 9.90. The van der Waals surface area contributed by atoms with E-state index in [0.717, 1.165) is 11.0 Å². The summed E-state index contributed by atoms with van der Waals surface area (Å²) in [5.74, 6) is 0.0567. The number of likely N-dealkylation sites (tertiary alicyclic amines) is 1. The Labute approximate surface area is 134 Å². The number of halogens is 1. The van der Waals surface area contributed by atoms with E-state index in [4.69, 9.17) is 5.11 Å². The molecule has 1 aliphatic carbocycles. The van der Waals surface area contributed by atoms with Crippen molar-refractivity contribution in [2.45, 2.75) is 44.6 Å². The van der Waals surface area contributed by atoms with Gasteiger partial charge in [-0.3, -0.25) is 9.69 Å². The Morgan fingerprint density at radius 1 is 1.33 bits per heavy atom. The average molecular weight is 352 g/mol. The standard InChI is InChI=1S/C17H22BrNO2/c18-16-9-13(15(10-17(20)21)12-3-4-12)5-6-14(16)11-19-7-1-2-8-19/h5-6,9,12,15H,1-4,7-8,10-11H2,(H,20,21). The molecule has 2 aliphatic rings. The molecule has 1 saturated heterocycles. The Morgan fingerprint density at radius 3 is 2.62 bits per heavy atom. The average Bonchev–Trinajstić information content (AvgIpc) is 3.16. The summed E-state index contributed by atoms with van der Waals surface area (Å²) in [7, 11) is 0. The van der Waals surface area contributed by atoms with E-state index in [-0.39, 0.29) is 12.3 Å². The molecular weight excluding hydrogens is 330 g/mol. The fourth-order valence-electron chi connectivity index (χ4n) is 3.35. The predicted octanol–water partition coefficient (Wildman–Crippen LogP) is 4.01. The monoisotopic (exact) mass is 351 g/mol. The lowest BCUT2D eigenvalue weighted by molar-refractivity contribution is -0.137. The molecule has 0 bridgehead atoms. The first-order chi connectivity index (χ1) is 10.1. The van der Waals surface area contributed by atoms with Crippen molar-refractivity contribution in [3.63, 3.8) is 0 Å². The number of carbonyl (C=O) groups is 1. The van der Waals surface area contributed by atoms with E-state index >= 15 is 0 Å². The van der Waals surface area contributed by atoms with Gasteiger partial charge < -0.3 is 5.11 Å². The van der Waals surface area contributed by atoms with Crippen LogP contribution in [0.2, 0.25) is 0 Å². The van der Waals surface area contributed by atoms with Gasteiger partial charge in [0.2, 0.25) is 0 Å². The molecule has 1 N–H and O–H groups in total. The summed E-state index contributed by atoms with van der Waals surface area (Å²) in [6, 6.07) is 6.47. The van der Waals surface area contributed by atoms with Crippen molar-refractivity contribution in [1.29, 1.82) is 0 Å². The first-order valence-corrected chi connectivity index (χ1v) is 8.65. The van der Waals surface area contributed by atoms with E-state index in [1.165, 1.54) is 49.9 Å². The molecule has 1 aliphatic heterocycles. The lowest BCUT2D eigenvalue weighted by Gasteiger charge is -2.19. The van der Waals surface area contributed by atoms with Crippen LogP contribution < -0.4 is 0 Å². The van der Waals surface area contributed by atoms with Gasteiger partial charge in [0, 0.05) is 11.0 Å². The second-order valence-corrected chi connectivity index (χ2v) is 7.23. The van der Waals surface area contributed by atoms with Gasteiger partial charge in [-0.05, 0) is 67.8 Å². The highest BCUT2D eigenvalue weighted by Crippen LogP contribution is 2.45. The third-order valence-corrected chi connectivity index (χ3v) is 5.42. The molecule has 2 fully saturated rings. The van der Waals surface area contributed by atoms with E-state index in [0.29, 0.717) is 5.92 Å². The number of nitrogens with zero attached hydrogens (tertiary/aromatic N) is 1. The fourth-order valence-corrected chi connectivity index (χ4v) is 3.87. The van der Waals surface area contributed by atoms with E-state index < -0.39 is 5.97 Å². The topological polar surface area (TPSA) is 40.5 Å². The number of aliphatic carboxylic acids is 1. The molecule has 0 radical (unpaired) electrons. The highest BCUT2D eigenvalue weighted by molar-refractivity contribution is 9.10. The van der Waals surface area contributed by atoms with Crippen LogP contribution in [-0.4, -0.2) is 29.1 Å². The SMILES string of the molecule is O=C(O)CC(c1ccc(CN2CCCC2)c(Br)c1)C1CC1. The molecular formula is C17H22BrNO2. The number of carboxylic acid groups (broad SMARTS) is 1. The molecule has 1 atom stereocenters. The second-order valence-electron chi connectivity index (χ2n) is 6.38. The van der Waals surface area contributed by atoms with Crippen LogP contribution in [0.4, 0.5) is 0 Å². The third-order valence-electron chi connectivity index (χ3n) is 4.68. The highest BCUT2D eigenvalue weighted by Gasteiger charge is 2.33. The predicted molar refractivity (Wildman–Crippen MR) is 86.4 cm³/mol. The maximum atomic E-state index is 11.1. The van der Waals surface area contributed by atoms with Gasteiger partial charge in [-0.15, -0.1) is 0 Å². The Hall–Kier alpha value is -0.870. The first kappa shape index (κ1) is 15.0. The van der Waals surface area contributed by atoms with Crippen molar-refractivity contribution in [3.05, 3.63) is 33.8 Å². The summed E-state index contributed by atoms with van der Waals surface area (Å²) in [5.41, 5.74) is 2.49. The van der Waals surface area contributed by atoms with E-state index in [1.807, 2.05) is 0 Å². The summed E-state index contributed by atoms with van der Waals surface area (Å²) in [4.78, 5) is 13.6. The number of hydrogen-bond donors (Lipinski definition) is 1. The van der Waals surface area contributed by atoms with Crippen LogP contribution >= 0.6 is 15.9 Å². The minimum atomic E-state index is -0.691. The second kappa shape index (κ2) is 6.49. The number of hydrogen-bond acceptors (Lipinski definition) is 2. The summed E-state index contributed by atoms with van der Waals surface area (Å²) in [5, 5.41) is 9.12. The molecule has 1 saturated carbocycles. The first-order valence-electron chi connectivity index (χ1n) is 7.86. The Bertz CT molecular complexity index is 522. The van der Waals surface area contributed by atoms with Crippen LogP contribution in [0.25, 0.3) is 0 Å². The largest absolute Gasteiger partial charge is 0.481 e. The molecule has 114 valence electrons. The Kier molecular flexibility index (Phi) is 4.65. The van der Waals surface area contributed by atoms with Gasteiger partial charge in [0.25, 0.3) is 0 Å². The van der Waals surface area contributed by atoms with Crippen molar-refractivity contribution < 1.29 is 9.90 Å². The number of benzene rings is 1. The maximum Gasteiger partial charge on any atom is 0.303 e. The summed E-state index contributed by atoms with van der Waals surface area (Å²) in [6.45, 7) is 3.38. The molecule has 1 aromatic carbocycles. The molecule has 21 heavy (non-hydrogen) atoms. The van der Waals surface area contributed by atoms with Gasteiger partial charge in [0.05, 0.1) is 6.42 Å². The van der Waals surface area contributed by atoms with Crippen molar-refractivity contribution >= 4 is 21.9 Å². The van der Waals surface area contributed by atoms with Crippen LogP contribution in [0.15, 0.2) is 22.7 Å². The van der Waals surface area contributed by atoms with E-state index in [9.17, 15) is 4.79 Å². The van der Waals surface area contributed by atoms with Gasteiger partial charge in [0.15, 0.2) is 0 Å². The van der Waals surface area contributed by atoms with Gasteiger partial charge in [-0.2, -0.15) is 0 Å². The van der Waals surface area contributed by atoms with Gasteiger partial charge >= 0.3 is 5.97 Å². The summed E-state index contributed by atoms with van der Waals surface area (Å²) in [6.07, 6.45) is 5.20. The Morgan fingerprint density at radius 2 is 2.05 bits per heavy atom. The number of carboxylic acids is 1. The fraction of sp³-hybridized carbons (Fsp3) is 0.588. The molecule has 0 aromatic heterocycles. The molecule has 3 nitrogen and oxygen atoms in total. The van der Waals surface area contributed by atoms with E-state index in [1.54, 1.807) is 0 Å². The third kappa shape index (κ3) is 3.86. The van der Waals surface area contributed by atoms with Crippen molar-refractivity contribution in [2.24, 2.45) is 5.92 Å². The summed E-state index contributed by atoms with van der Waals surface area (Å²) >= 11 is 3.68. The smallest absolute Gasteiger partial charge is 0.303 e. The minimum absolute atomic E-state index is 0.180. The van der Waals surface area contributed by atoms with Gasteiger partial charge in [0.1, 0.15) is 0 Å². The zero-order chi connectivity index (χ0) is 14.8. The molecule has 0 amide bonds. The van der Waals surface area contributed by atoms with Crippen LogP contribution in [0.3, 0.4) is 0 Å². The van der Waals surface area contributed by atoms with Crippen molar-refractivity contribution in [1.82, 2.24) is 4.90 Å². The lowest BCUT2D eigenvalue weighted by Crippen LogP contribution is -2.18. The molecule has 1 unspecified atom stereocenters. The van der Waals surface area contributed by atoms with Gasteiger partial charge in [-0.1, -0.05) is 28.1 Å². The normalized spacial score (nSPS) is 20.6. The maximum absolute atomic E-state index is 11.1. The zero-order valence-corrected chi connectivity index (χ0v) is 13.8. The highest BCUT2D eigenvalue weighted by atomic mass is 79.9. The molecule has 0 spiro atoms. The number of rotatable bonds is 6. The van der Waals surface area contributed by atoms with Gasteiger partial charge in [-0.25, -0.2) is 0 Å². The molecule has 4 heteroatoms. The van der Waals surface area contributed by atoms with Crippen LogP contribution in [0, 0.1) is 5.92 Å². The van der Waals surface area contributed by atoms with Crippen LogP contribution in [0.1, 0.15) is 49.1 Å². The quantitative estimate of drug-likeness (QED) is 0.841. The molecule has 3 rings (SSSR count).